The van der Waals surface area contributed by atoms with E-state index in [0.29, 0.717) is 12.2 Å². The number of benzene rings is 1. The van der Waals surface area contributed by atoms with Gasteiger partial charge < -0.3 is 15.0 Å². The van der Waals surface area contributed by atoms with Crippen LogP contribution in [0.3, 0.4) is 0 Å². The van der Waals surface area contributed by atoms with Crippen molar-refractivity contribution in [1.29, 1.82) is 0 Å². The van der Waals surface area contributed by atoms with Crippen LogP contribution in [0.5, 0.6) is 5.75 Å². The number of H-pyrrole nitrogens is 1. The second-order valence-corrected chi connectivity index (χ2v) is 4.64. The second-order valence-electron chi connectivity index (χ2n) is 4.64. The highest BCUT2D eigenvalue weighted by atomic mass is 16.5. The van der Waals surface area contributed by atoms with E-state index >= 15 is 0 Å². The highest BCUT2D eigenvalue weighted by Crippen LogP contribution is 2.17. The molecule has 0 fully saturated rings. The molecule has 1 unspecified atom stereocenters. The SMILES string of the molecule is CCOc1ccc(C(C)NC(=O)c2cc[nH]c(=O)c2)cc1. The van der Waals surface area contributed by atoms with E-state index in [1.54, 1.807) is 6.07 Å². The number of aromatic amines is 1. The molecule has 2 N–H and O–H groups in total. The number of pyridine rings is 1. The molecule has 110 valence electrons. The lowest BCUT2D eigenvalue weighted by Gasteiger charge is -2.15. The normalized spacial score (nSPS) is 11.7. The molecule has 21 heavy (non-hydrogen) atoms. The highest BCUT2D eigenvalue weighted by Gasteiger charge is 2.11. The van der Waals surface area contributed by atoms with Crippen molar-refractivity contribution in [2.24, 2.45) is 0 Å². The summed E-state index contributed by atoms with van der Waals surface area (Å²) in [5.74, 6) is 0.525. The van der Waals surface area contributed by atoms with Gasteiger partial charge in [-0.15, -0.1) is 0 Å². The number of carbonyl (C=O) groups is 1. The zero-order valence-corrected chi connectivity index (χ0v) is 12.1. The number of carbonyl (C=O) groups excluding carboxylic acids is 1. The van der Waals surface area contributed by atoms with Crippen molar-refractivity contribution in [3.8, 4) is 5.75 Å². The van der Waals surface area contributed by atoms with Crippen molar-refractivity contribution >= 4 is 5.91 Å². The van der Waals surface area contributed by atoms with Crippen LogP contribution in [0.1, 0.15) is 35.8 Å². The molecule has 0 bridgehead atoms. The van der Waals surface area contributed by atoms with Gasteiger partial charge in [0.25, 0.3) is 5.91 Å². The number of ether oxygens (including phenoxy) is 1. The fourth-order valence-corrected chi connectivity index (χ4v) is 1.97. The fraction of sp³-hybridized carbons (Fsp3) is 0.250. The van der Waals surface area contributed by atoms with Gasteiger partial charge in [0.1, 0.15) is 5.75 Å². The number of amides is 1. The van der Waals surface area contributed by atoms with Gasteiger partial charge in [0.05, 0.1) is 12.6 Å². The van der Waals surface area contributed by atoms with Crippen LogP contribution in [0.4, 0.5) is 0 Å². The Morgan fingerprint density at radius 1 is 1.29 bits per heavy atom. The molecule has 0 aliphatic heterocycles. The zero-order valence-electron chi connectivity index (χ0n) is 12.1. The number of nitrogens with one attached hydrogen (secondary N) is 2. The monoisotopic (exact) mass is 286 g/mol. The van der Waals surface area contributed by atoms with E-state index in [-0.39, 0.29) is 17.5 Å². The van der Waals surface area contributed by atoms with Gasteiger partial charge in [0.2, 0.25) is 5.56 Å². The predicted octanol–water partition coefficient (Wildman–Crippen LogP) is 2.26. The summed E-state index contributed by atoms with van der Waals surface area (Å²) in [6, 6.07) is 10.2. The molecule has 1 atom stereocenters. The molecule has 1 amide bonds. The Morgan fingerprint density at radius 2 is 2.00 bits per heavy atom. The molecule has 0 aliphatic rings. The molecule has 0 spiro atoms. The van der Waals surface area contributed by atoms with Crippen LogP contribution < -0.4 is 15.6 Å². The van der Waals surface area contributed by atoms with E-state index in [1.807, 2.05) is 38.1 Å². The minimum absolute atomic E-state index is 0.160. The summed E-state index contributed by atoms with van der Waals surface area (Å²) in [5.41, 5.74) is 1.02. The van der Waals surface area contributed by atoms with E-state index in [4.69, 9.17) is 4.74 Å². The molecule has 5 nitrogen and oxygen atoms in total. The van der Waals surface area contributed by atoms with Crippen molar-refractivity contribution in [3.63, 3.8) is 0 Å². The summed E-state index contributed by atoms with van der Waals surface area (Å²) in [7, 11) is 0. The van der Waals surface area contributed by atoms with Gasteiger partial charge in [-0.1, -0.05) is 12.1 Å². The third kappa shape index (κ3) is 3.95. The van der Waals surface area contributed by atoms with Crippen molar-refractivity contribution in [3.05, 3.63) is 64.1 Å². The highest BCUT2D eigenvalue weighted by molar-refractivity contribution is 5.94. The van der Waals surface area contributed by atoms with Gasteiger partial charge in [0, 0.05) is 17.8 Å². The third-order valence-electron chi connectivity index (χ3n) is 3.08. The van der Waals surface area contributed by atoms with Crippen LogP contribution in [-0.4, -0.2) is 17.5 Å². The van der Waals surface area contributed by atoms with Gasteiger partial charge >= 0.3 is 0 Å². The minimum atomic E-state index is -0.295. The second kappa shape index (κ2) is 6.74. The zero-order chi connectivity index (χ0) is 15.2. The summed E-state index contributed by atoms with van der Waals surface area (Å²) in [6.45, 7) is 4.44. The Kier molecular flexibility index (Phi) is 4.77. The van der Waals surface area contributed by atoms with E-state index < -0.39 is 0 Å². The van der Waals surface area contributed by atoms with Gasteiger partial charge in [-0.3, -0.25) is 9.59 Å². The van der Waals surface area contributed by atoms with Crippen molar-refractivity contribution in [2.45, 2.75) is 19.9 Å². The van der Waals surface area contributed by atoms with Crippen LogP contribution >= 0.6 is 0 Å². The summed E-state index contributed by atoms with van der Waals surface area (Å²) >= 11 is 0. The van der Waals surface area contributed by atoms with Gasteiger partial charge in [-0.05, 0) is 37.6 Å². The molecule has 0 aliphatic carbocycles. The van der Waals surface area contributed by atoms with Crippen molar-refractivity contribution < 1.29 is 9.53 Å². The van der Waals surface area contributed by atoms with Crippen LogP contribution in [0.2, 0.25) is 0 Å². The molecule has 1 aromatic heterocycles. The first-order chi connectivity index (χ1) is 10.1. The fourth-order valence-electron chi connectivity index (χ4n) is 1.97. The molecule has 1 heterocycles. The lowest BCUT2D eigenvalue weighted by Crippen LogP contribution is -2.27. The predicted molar refractivity (Wildman–Crippen MR) is 80.6 cm³/mol. The smallest absolute Gasteiger partial charge is 0.252 e. The Balaban J connectivity index is 2.05. The molecule has 0 saturated heterocycles. The summed E-state index contributed by atoms with van der Waals surface area (Å²) in [4.78, 5) is 25.7. The largest absolute Gasteiger partial charge is 0.494 e. The number of hydrogen-bond donors (Lipinski definition) is 2. The van der Waals surface area contributed by atoms with E-state index in [9.17, 15) is 9.59 Å². The Bertz CT molecular complexity index is 662. The molecule has 0 radical (unpaired) electrons. The van der Waals surface area contributed by atoms with Gasteiger partial charge in [0.15, 0.2) is 0 Å². The standard InChI is InChI=1S/C16H18N2O3/c1-3-21-14-6-4-12(5-7-14)11(2)18-16(20)13-8-9-17-15(19)10-13/h4-11H,3H2,1-2H3,(H,17,19)(H,18,20). The lowest BCUT2D eigenvalue weighted by molar-refractivity contribution is 0.0939. The molecule has 0 saturated carbocycles. The first kappa shape index (κ1) is 14.8. The van der Waals surface area contributed by atoms with Gasteiger partial charge in [-0.2, -0.15) is 0 Å². The maximum atomic E-state index is 12.1. The molecule has 2 rings (SSSR count). The molecular weight excluding hydrogens is 268 g/mol. The number of aromatic nitrogens is 1. The molecule has 1 aromatic carbocycles. The number of hydrogen-bond acceptors (Lipinski definition) is 3. The lowest BCUT2D eigenvalue weighted by atomic mass is 10.1. The van der Waals surface area contributed by atoms with E-state index in [1.165, 1.54) is 12.3 Å². The van der Waals surface area contributed by atoms with E-state index in [0.717, 1.165) is 11.3 Å². The molecular formula is C16H18N2O3. The van der Waals surface area contributed by atoms with Gasteiger partial charge in [-0.25, -0.2) is 0 Å². The summed E-state index contributed by atoms with van der Waals surface area (Å²) < 4.78 is 5.38. The third-order valence-corrected chi connectivity index (χ3v) is 3.08. The Morgan fingerprint density at radius 3 is 2.62 bits per heavy atom. The van der Waals surface area contributed by atoms with Crippen LogP contribution in [0, 0.1) is 0 Å². The Labute approximate surface area is 123 Å². The first-order valence-corrected chi connectivity index (χ1v) is 6.82. The first-order valence-electron chi connectivity index (χ1n) is 6.82. The summed E-state index contributed by atoms with van der Waals surface area (Å²) in [5, 5.41) is 2.86. The average Bonchev–Trinajstić information content (AvgIpc) is 2.48. The maximum Gasteiger partial charge on any atom is 0.252 e. The van der Waals surface area contributed by atoms with E-state index in [2.05, 4.69) is 10.3 Å². The minimum Gasteiger partial charge on any atom is -0.494 e. The molecule has 2 aromatic rings. The van der Waals surface area contributed by atoms with Crippen molar-refractivity contribution in [1.82, 2.24) is 10.3 Å². The van der Waals surface area contributed by atoms with Crippen molar-refractivity contribution in [2.75, 3.05) is 6.61 Å². The average molecular weight is 286 g/mol. The van der Waals surface area contributed by atoms with Crippen LogP contribution in [-0.2, 0) is 0 Å². The maximum absolute atomic E-state index is 12.1. The summed E-state index contributed by atoms with van der Waals surface area (Å²) in [6.07, 6.45) is 1.46. The number of rotatable bonds is 5. The Hall–Kier alpha value is -2.56. The van der Waals surface area contributed by atoms with Crippen LogP contribution in [0.25, 0.3) is 0 Å². The quantitative estimate of drug-likeness (QED) is 0.885. The topological polar surface area (TPSA) is 71.2 Å². The molecule has 5 heteroatoms. The van der Waals surface area contributed by atoms with Crippen LogP contribution in [0.15, 0.2) is 47.4 Å².